The van der Waals surface area contributed by atoms with Gasteiger partial charge < -0.3 is 4.98 Å². The van der Waals surface area contributed by atoms with E-state index < -0.39 is 0 Å². The molecule has 98 valence electrons. The van der Waals surface area contributed by atoms with Gasteiger partial charge in [0.05, 0.1) is 16.6 Å². The zero-order valence-corrected chi connectivity index (χ0v) is 13.0. The number of aryl methyl sites for hydroxylation is 1. The minimum absolute atomic E-state index is 0.535. The number of nitrogens with one attached hydrogen (secondary N) is 1. The Morgan fingerprint density at radius 1 is 1.45 bits per heavy atom. The van der Waals surface area contributed by atoms with Crippen LogP contribution in [-0.4, -0.2) is 9.97 Å². The van der Waals surface area contributed by atoms with Gasteiger partial charge in [0, 0.05) is 14.7 Å². The normalized spacial score (nSPS) is 11.8. The molecule has 0 saturated carbocycles. The highest BCUT2D eigenvalue weighted by Crippen LogP contribution is 2.25. The van der Waals surface area contributed by atoms with Crippen molar-refractivity contribution < 1.29 is 0 Å². The van der Waals surface area contributed by atoms with Crippen molar-refractivity contribution in [2.24, 2.45) is 0 Å². The van der Waals surface area contributed by atoms with Crippen LogP contribution in [-0.2, 0) is 0 Å². The molecule has 3 nitrogen and oxygen atoms in total. The van der Waals surface area contributed by atoms with Crippen molar-refractivity contribution in [2.45, 2.75) is 6.92 Å². The third-order valence-corrected chi connectivity index (χ3v) is 4.53. The van der Waals surface area contributed by atoms with Crippen molar-refractivity contribution in [1.29, 1.82) is 5.26 Å². The molecule has 2 heterocycles. The first-order valence-corrected chi connectivity index (χ1v) is 7.65. The third-order valence-electron chi connectivity index (χ3n) is 2.89. The number of fused-ring (bicyclic) bond motifs is 1. The number of hydrogen-bond acceptors (Lipinski definition) is 3. The molecule has 0 fully saturated rings. The SMILES string of the molecule is Cc1ccc2nc(C(C#N)=Cc3cc(Br)cs3)[nH]c2c1. The lowest BCUT2D eigenvalue weighted by Crippen LogP contribution is -1.83. The van der Waals surface area contributed by atoms with E-state index in [1.807, 2.05) is 42.6 Å². The number of allylic oxidation sites excluding steroid dienone is 1. The fourth-order valence-corrected chi connectivity index (χ4v) is 3.33. The van der Waals surface area contributed by atoms with Gasteiger partial charge in [0.25, 0.3) is 0 Å². The van der Waals surface area contributed by atoms with E-state index >= 15 is 0 Å². The summed E-state index contributed by atoms with van der Waals surface area (Å²) in [6, 6.07) is 10.2. The highest BCUT2D eigenvalue weighted by atomic mass is 79.9. The molecule has 0 amide bonds. The molecule has 0 bridgehead atoms. The molecular formula is C15H10BrN3S. The molecule has 0 saturated heterocycles. The van der Waals surface area contributed by atoms with Gasteiger partial charge in [-0.1, -0.05) is 6.07 Å². The number of nitriles is 1. The summed E-state index contributed by atoms with van der Waals surface area (Å²) in [7, 11) is 0. The van der Waals surface area contributed by atoms with Crippen molar-refractivity contribution in [3.05, 3.63) is 50.4 Å². The van der Waals surface area contributed by atoms with Crippen LogP contribution in [0.3, 0.4) is 0 Å². The van der Waals surface area contributed by atoms with Gasteiger partial charge in [-0.25, -0.2) is 4.98 Å². The predicted molar refractivity (Wildman–Crippen MR) is 86.3 cm³/mol. The fraction of sp³-hybridized carbons (Fsp3) is 0.0667. The molecule has 1 aromatic carbocycles. The number of halogens is 1. The van der Waals surface area contributed by atoms with Crippen LogP contribution >= 0.6 is 27.3 Å². The molecule has 20 heavy (non-hydrogen) atoms. The van der Waals surface area contributed by atoms with Crippen molar-refractivity contribution in [1.82, 2.24) is 9.97 Å². The Morgan fingerprint density at radius 2 is 2.30 bits per heavy atom. The van der Waals surface area contributed by atoms with E-state index in [2.05, 4.69) is 32.0 Å². The van der Waals surface area contributed by atoms with E-state index in [1.54, 1.807) is 11.3 Å². The first-order valence-electron chi connectivity index (χ1n) is 5.98. The largest absolute Gasteiger partial charge is 0.337 e. The highest BCUT2D eigenvalue weighted by molar-refractivity contribution is 9.10. The minimum Gasteiger partial charge on any atom is -0.337 e. The molecule has 3 rings (SSSR count). The zero-order chi connectivity index (χ0) is 14.1. The zero-order valence-electron chi connectivity index (χ0n) is 10.6. The summed E-state index contributed by atoms with van der Waals surface area (Å²) in [5, 5.41) is 11.3. The Labute approximate surface area is 128 Å². The van der Waals surface area contributed by atoms with Crippen LogP contribution < -0.4 is 0 Å². The van der Waals surface area contributed by atoms with Crippen LogP contribution in [0.2, 0.25) is 0 Å². The number of aromatic nitrogens is 2. The molecule has 0 aliphatic carbocycles. The molecule has 3 aromatic rings. The number of nitrogens with zero attached hydrogens (tertiary/aromatic N) is 2. The van der Waals surface area contributed by atoms with Gasteiger partial charge in [-0.05, 0) is 52.7 Å². The average Bonchev–Trinajstić information content (AvgIpc) is 3.01. The lowest BCUT2D eigenvalue weighted by Gasteiger charge is -1.91. The number of H-pyrrole nitrogens is 1. The Hall–Kier alpha value is -1.90. The van der Waals surface area contributed by atoms with Crippen LogP contribution in [0, 0.1) is 18.3 Å². The van der Waals surface area contributed by atoms with Crippen molar-refractivity contribution in [3.63, 3.8) is 0 Å². The second-order valence-electron chi connectivity index (χ2n) is 4.44. The number of aromatic amines is 1. The van der Waals surface area contributed by atoms with Crippen LogP contribution in [0.15, 0.2) is 34.1 Å². The summed E-state index contributed by atoms with van der Waals surface area (Å²) in [6.07, 6.45) is 1.85. The van der Waals surface area contributed by atoms with E-state index in [9.17, 15) is 5.26 Å². The lowest BCUT2D eigenvalue weighted by molar-refractivity contribution is 1.27. The Balaban J connectivity index is 2.07. The summed E-state index contributed by atoms with van der Waals surface area (Å²) in [6.45, 7) is 2.03. The third kappa shape index (κ3) is 2.53. The maximum atomic E-state index is 9.34. The lowest BCUT2D eigenvalue weighted by atomic mass is 10.2. The number of benzene rings is 1. The maximum absolute atomic E-state index is 9.34. The monoisotopic (exact) mass is 343 g/mol. The van der Waals surface area contributed by atoms with Gasteiger partial charge in [0.1, 0.15) is 11.9 Å². The summed E-state index contributed by atoms with van der Waals surface area (Å²) < 4.78 is 1.02. The molecule has 0 spiro atoms. The fourth-order valence-electron chi connectivity index (χ4n) is 1.95. The van der Waals surface area contributed by atoms with Gasteiger partial charge >= 0.3 is 0 Å². The van der Waals surface area contributed by atoms with E-state index in [0.29, 0.717) is 11.4 Å². The van der Waals surface area contributed by atoms with Crippen LogP contribution in [0.25, 0.3) is 22.7 Å². The smallest absolute Gasteiger partial charge is 0.149 e. The predicted octanol–water partition coefficient (Wildman–Crippen LogP) is 4.76. The Morgan fingerprint density at radius 3 is 3.00 bits per heavy atom. The second kappa shape index (κ2) is 5.23. The number of imidazole rings is 1. The van der Waals surface area contributed by atoms with E-state index in [-0.39, 0.29) is 0 Å². The first-order chi connectivity index (χ1) is 9.65. The van der Waals surface area contributed by atoms with Gasteiger partial charge in [-0.15, -0.1) is 11.3 Å². The molecule has 2 aromatic heterocycles. The molecule has 0 atom stereocenters. The molecule has 0 aliphatic heterocycles. The summed E-state index contributed by atoms with van der Waals surface area (Å²) in [4.78, 5) is 8.70. The molecule has 1 N–H and O–H groups in total. The van der Waals surface area contributed by atoms with Gasteiger partial charge in [0.15, 0.2) is 0 Å². The highest BCUT2D eigenvalue weighted by Gasteiger charge is 2.08. The van der Waals surface area contributed by atoms with Crippen molar-refractivity contribution in [3.8, 4) is 6.07 Å². The number of rotatable bonds is 2. The molecule has 0 aliphatic rings. The van der Waals surface area contributed by atoms with Crippen LogP contribution in [0.5, 0.6) is 0 Å². The second-order valence-corrected chi connectivity index (χ2v) is 6.30. The molecule has 0 unspecified atom stereocenters. The van der Waals surface area contributed by atoms with E-state index in [1.165, 1.54) is 0 Å². The van der Waals surface area contributed by atoms with Gasteiger partial charge in [-0.3, -0.25) is 0 Å². The molecule has 5 heteroatoms. The Kier molecular flexibility index (Phi) is 3.43. The van der Waals surface area contributed by atoms with Gasteiger partial charge in [-0.2, -0.15) is 5.26 Å². The van der Waals surface area contributed by atoms with Crippen molar-refractivity contribution in [2.75, 3.05) is 0 Å². The molecule has 0 radical (unpaired) electrons. The maximum Gasteiger partial charge on any atom is 0.149 e. The Bertz CT molecular complexity index is 852. The average molecular weight is 344 g/mol. The van der Waals surface area contributed by atoms with Crippen LogP contribution in [0.1, 0.15) is 16.3 Å². The molecular weight excluding hydrogens is 334 g/mol. The van der Waals surface area contributed by atoms with Crippen molar-refractivity contribution >= 4 is 49.9 Å². The quantitative estimate of drug-likeness (QED) is 0.682. The minimum atomic E-state index is 0.535. The van der Waals surface area contributed by atoms with E-state index in [4.69, 9.17) is 0 Å². The topological polar surface area (TPSA) is 52.5 Å². The van der Waals surface area contributed by atoms with Gasteiger partial charge in [0.2, 0.25) is 0 Å². The van der Waals surface area contributed by atoms with E-state index in [0.717, 1.165) is 25.9 Å². The van der Waals surface area contributed by atoms with Crippen LogP contribution in [0.4, 0.5) is 0 Å². The summed E-state index contributed by atoms with van der Waals surface area (Å²) in [5.74, 6) is 0.609. The summed E-state index contributed by atoms with van der Waals surface area (Å²) >= 11 is 4.99. The number of thiophene rings is 1. The first kappa shape index (κ1) is 13.1. The standard InChI is InChI=1S/C15H10BrN3S/c1-9-2-3-13-14(4-9)19-15(18-13)10(7-17)5-12-6-11(16)8-20-12/h2-6,8H,1H3,(H,18,19). The number of hydrogen-bond donors (Lipinski definition) is 1. The summed E-state index contributed by atoms with van der Waals surface area (Å²) in [5.41, 5.74) is 3.53.